The van der Waals surface area contributed by atoms with Crippen LogP contribution in [0.3, 0.4) is 0 Å². The van der Waals surface area contributed by atoms with E-state index < -0.39 is 63.2 Å². The second-order valence-corrected chi connectivity index (χ2v) is 15.4. The van der Waals surface area contributed by atoms with Crippen LogP contribution in [-0.4, -0.2) is 66.9 Å². The van der Waals surface area contributed by atoms with Gasteiger partial charge in [-0.3, -0.25) is 17.8 Å². The highest BCUT2D eigenvalue weighted by Gasteiger charge is 2.28. The maximum Gasteiger partial charge on any atom is 0.299 e. The minimum atomic E-state index is -4.66. The number of thiol groups is 2. The number of nitrogens with zero attached hydrogens (tertiary/aromatic N) is 5. The van der Waals surface area contributed by atoms with Crippen molar-refractivity contribution in [1.82, 2.24) is 15.0 Å². The number of azo groups is 1. The molecule has 54 heavy (non-hydrogen) atoms. The van der Waals surface area contributed by atoms with Gasteiger partial charge in [-0.15, -0.1) is 5.11 Å². The lowest BCUT2D eigenvalue weighted by Crippen LogP contribution is -2.10. The number of para-hydroxylation sites is 2. The Bertz CT molecular complexity index is 2640. The van der Waals surface area contributed by atoms with Crippen molar-refractivity contribution in [3.8, 4) is 5.75 Å². The number of nitrogens with one attached hydrogen (secondary N) is 4. The van der Waals surface area contributed by atoms with Crippen molar-refractivity contribution < 1.29 is 47.1 Å². The highest BCUT2D eigenvalue weighted by molar-refractivity contribution is 7.87. The summed E-state index contributed by atoms with van der Waals surface area (Å²) in [7, 11) is -15.1. The van der Waals surface area contributed by atoms with Gasteiger partial charge in [0.25, 0.3) is 20.2 Å². The lowest BCUT2D eigenvalue weighted by atomic mass is 10.1. The van der Waals surface area contributed by atoms with Gasteiger partial charge in [0.15, 0.2) is 5.75 Å². The molecule has 1 heterocycles. The van der Waals surface area contributed by atoms with E-state index in [2.05, 4.69) is 45.3 Å². The minimum Gasteiger partial charge on any atom is -0.505 e. The van der Waals surface area contributed by atoms with Crippen molar-refractivity contribution in [1.29, 1.82) is 0 Å². The average molecular weight is 822 g/mol. The summed E-state index contributed by atoms with van der Waals surface area (Å²) in [5.41, 5.74) is -0.108. The summed E-state index contributed by atoms with van der Waals surface area (Å²) < 4.78 is 113. The predicted octanol–water partition coefficient (Wildman–Crippen LogP) is 4.27. The molecule has 286 valence electrons. The third-order valence-corrected chi connectivity index (χ3v) is 10.6. The number of anilines is 6. The van der Waals surface area contributed by atoms with Crippen LogP contribution in [0.1, 0.15) is 19.7 Å². The van der Waals surface area contributed by atoms with Crippen molar-refractivity contribution >= 4 is 98.8 Å². The molecule has 4 aromatic carbocycles. The first kappa shape index (κ1) is 39.7. The molecule has 5 aromatic rings. The van der Waals surface area contributed by atoms with Gasteiger partial charge in [-0.25, -0.2) is 16.8 Å². The molecule has 5 N–H and O–H groups in total. The number of aromatic nitrogens is 3. The Morgan fingerprint density at radius 3 is 2.00 bits per heavy atom. The summed E-state index contributed by atoms with van der Waals surface area (Å²) in [5, 5.41) is 25.3. The van der Waals surface area contributed by atoms with Crippen LogP contribution in [-0.2, 0) is 50.4 Å². The number of rotatable bonds is 16. The molecule has 20 nitrogen and oxygen atoms in total. The molecule has 0 aliphatic carbocycles. The van der Waals surface area contributed by atoms with Gasteiger partial charge >= 0.3 is 0 Å². The molecule has 0 saturated carbocycles. The van der Waals surface area contributed by atoms with Crippen LogP contribution in [0.15, 0.2) is 86.7 Å². The van der Waals surface area contributed by atoms with Crippen molar-refractivity contribution in [3.63, 3.8) is 0 Å². The van der Waals surface area contributed by atoms with Gasteiger partial charge < -0.3 is 15.7 Å². The Labute approximate surface area is 312 Å². The zero-order valence-corrected chi connectivity index (χ0v) is 31.7. The summed E-state index contributed by atoms with van der Waals surface area (Å²) in [6, 6.07) is 15.1. The Hall–Kier alpha value is -5.53. The van der Waals surface area contributed by atoms with Crippen LogP contribution in [0, 0.1) is 6.92 Å². The maximum atomic E-state index is 13.4. The molecule has 0 radical (unpaired) electrons. The number of phenolic OH excluding ortho intramolecular Hbond substituents is 1. The summed E-state index contributed by atoms with van der Waals surface area (Å²) in [6.07, 6.45) is 0. The molecular weight excluding hydrogens is 791 g/mol. The van der Waals surface area contributed by atoms with Crippen LogP contribution in [0.2, 0.25) is 0 Å². The second kappa shape index (κ2) is 16.6. The molecule has 0 atom stereocenters. The van der Waals surface area contributed by atoms with E-state index in [9.17, 15) is 38.8 Å². The van der Waals surface area contributed by atoms with Gasteiger partial charge in [0.1, 0.15) is 16.4 Å². The average Bonchev–Trinajstić information content (AvgIpc) is 3.08. The highest BCUT2D eigenvalue weighted by Crippen LogP contribution is 2.46. The van der Waals surface area contributed by atoms with E-state index in [-0.39, 0.29) is 70.1 Å². The van der Waals surface area contributed by atoms with Gasteiger partial charge in [-0.2, -0.15) is 36.9 Å². The standard InChI is InChI=1S/C30H31N9O11S4/c1-4-49-53(45,46)21-13-18-14-25(54(47,48)50-5-2)27(37-36-19-9-8-10-20(15-19)38-51(41)42)28(40)26(18)24(16-21)34-30-32-17(3)31-29(35-30)33-22-11-6-7-12-23(22)39-52(43)44/h6-16,40,51-52H,4-5H2,1-3H3,(H,38,41,42)(H,39,43,44)(H2,31,32,33,34,35). The summed E-state index contributed by atoms with van der Waals surface area (Å²) >= 11 is 0. The van der Waals surface area contributed by atoms with E-state index in [1.54, 1.807) is 18.2 Å². The topological polar surface area (TPSA) is 287 Å². The quantitative estimate of drug-likeness (QED) is 0.0416. The first-order chi connectivity index (χ1) is 25.6. The van der Waals surface area contributed by atoms with Gasteiger partial charge in [0.2, 0.25) is 33.7 Å². The highest BCUT2D eigenvalue weighted by atomic mass is 32.2. The second-order valence-electron chi connectivity index (χ2n) is 10.7. The van der Waals surface area contributed by atoms with E-state index in [4.69, 9.17) is 8.37 Å². The molecule has 0 fully saturated rings. The van der Waals surface area contributed by atoms with Crippen LogP contribution in [0.4, 0.5) is 46.0 Å². The van der Waals surface area contributed by atoms with Gasteiger partial charge in [-0.1, -0.05) is 18.2 Å². The van der Waals surface area contributed by atoms with E-state index >= 15 is 0 Å². The Kier molecular flexibility index (Phi) is 12.2. The van der Waals surface area contributed by atoms with E-state index in [0.29, 0.717) is 0 Å². The number of fused-ring (bicyclic) bond motifs is 1. The van der Waals surface area contributed by atoms with E-state index in [1.807, 2.05) is 0 Å². The zero-order valence-electron chi connectivity index (χ0n) is 28.2. The smallest absolute Gasteiger partial charge is 0.299 e. The molecule has 0 spiro atoms. The molecule has 0 unspecified atom stereocenters. The lowest BCUT2D eigenvalue weighted by molar-refractivity contribution is 0.337. The number of hydrogen-bond donors (Lipinski definition) is 7. The molecule has 0 aliphatic heterocycles. The van der Waals surface area contributed by atoms with Gasteiger partial charge in [0.05, 0.1) is 46.5 Å². The third-order valence-electron chi connectivity index (χ3n) is 6.94. The normalized spacial score (nSPS) is 12.1. The van der Waals surface area contributed by atoms with Crippen LogP contribution in [0.5, 0.6) is 5.75 Å². The summed E-state index contributed by atoms with van der Waals surface area (Å²) in [5.74, 6) is -0.887. The fourth-order valence-electron chi connectivity index (χ4n) is 4.91. The Balaban J connectivity index is 1.72. The fourth-order valence-corrected chi connectivity index (χ4v) is 7.71. The molecule has 5 rings (SSSR count). The fraction of sp³-hybridized carbons (Fsp3) is 0.167. The van der Waals surface area contributed by atoms with Crippen molar-refractivity contribution in [2.75, 3.05) is 33.3 Å². The maximum absolute atomic E-state index is 13.4. The minimum absolute atomic E-state index is 0.0622. The van der Waals surface area contributed by atoms with Crippen molar-refractivity contribution in [3.05, 3.63) is 72.6 Å². The summed E-state index contributed by atoms with van der Waals surface area (Å²) in [4.78, 5) is 11.7. The zero-order chi connectivity index (χ0) is 39.2. The number of hydrogen-bond acceptors (Lipinski definition) is 18. The SMILES string of the molecule is CCOS(=O)(=O)c1cc(Nc2nc(C)nc(Nc3ccccc3N[SH](=O)=O)n2)c2c(O)c(N=Nc3cccc(N[SH](=O)=O)c3)c(S(=O)(=O)OCC)cc2c1. The van der Waals surface area contributed by atoms with Gasteiger partial charge in [-0.05, 0) is 74.7 Å². The first-order valence-corrected chi connectivity index (χ1v) is 20.6. The molecule has 0 bridgehead atoms. The number of aryl methyl sites for hydroxylation is 1. The number of benzene rings is 4. The van der Waals surface area contributed by atoms with Crippen LogP contribution in [0.25, 0.3) is 10.8 Å². The largest absolute Gasteiger partial charge is 0.505 e. The van der Waals surface area contributed by atoms with Crippen LogP contribution < -0.4 is 20.1 Å². The number of phenols is 1. The van der Waals surface area contributed by atoms with E-state index in [0.717, 1.165) is 18.2 Å². The lowest BCUT2D eigenvalue weighted by Gasteiger charge is -2.17. The molecule has 0 amide bonds. The van der Waals surface area contributed by atoms with Crippen molar-refractivity contribution in [2.24, 2.45) is 10.2 Å². The van der Waals surface area contributed by atoms with Crippen LogP contribution >= 0.6 is 0 Å². The Morgan fingerprint density at radius 2 is 1.35 bits per heavy atom. The molecular formula is C30H31N9O11S4. The number of aromatic hydroxyl groups is 1. The third kappa shape index (κ3) is 9.52. The monoisotopic (exact) mass is 821 g/mol. The van der Waals surface area contributed by atoms with E-state index in [1.165, 1.54) is 51.1 Å². The predicted molar refractivity (Wildman–Crippen MR) is 199 cm³/mol. The molecule has 1 aromatic heterocycles. The Morgan fingerprint density at radius 1 is 0.722 bits per heavy atom. The molecule has 0 aliphatic rings. The van der Waals surface area contributed by atoms with Gasteiger partial charge in [0, 0.05) is 5.39 Å². The summed E-state index contributed by atoms with van der Waals surface area (Å²) in [6.45, 7) is 3.83. The van der Waals surface area contributed by atoms with Crippen molar-refractivity contribution in [2.45, 2.75) is 30.6 Å². The first-order valence-electron chi connectivity index (χ1n) is 15.4. The molecule has 0 saturated heterocycles. The molecule has 24 heteroatoms.